The molecular weight excluding hydrogens is 486 g/mol. The van der Waals surface area contributed by atoms with Crippen LogP contribution in [0.4, 0.5) is 10.5 Å². The van der Waals surface area contributed by atoms with Crippen molar-refractivity contribution < 1.29 is 28.7 Å². The number of aliphatic carboxylic acids is 1. The molecule has 0 bridgehead atoms. The largest absolute Gasteiger partial charge is 0.756 e. The van der Waals surface area contributed by atoms with E-state index in [1.807, 2.05) is 66.7 Å². The summed E-state index contributed by atoms with van der Waals surface area (Å²) in [6, 6.07) is 21.4. The van der Waals surface area contributed by atoms with Crippen molar-refractivity contribution in [3.05, 3.63) is 95.2 Å². The highest BCUT2D eigenvalue weighted by Gasteiger charge is 2.16. The van der Waals surface area contributed by atoms with Gasteiger partial charge in [-0.25, -0.2) is 9.59 Å². The van der Waals surface area contributed by atoms with E-state index in [0.29, 0.717) is 22.7 Å². The number of hydroxylamine groups is 2. The Bertz CT molecular complexity index is 1280. The van der Waals surface area contributed by atoms with Crippen LogP contribution in [0, 0.1) is 5.21 Å². The summed E-state index contributed by atoms with van der Waals surface area (Å²) in [5, 5.41) is 25.3. The number of nitrogens with zero attached hydrogens (tertiary/aromatic N) is 2. The Balaban J connectivity index is 1.41. The summed E-state index contributed by atoms with van der Waals surface area (Å²) in [6.45, 7) is 1.74. The van der Waals surface area contributed by atoms with Gasteiger partial charge >= 0.3 is 12.1 Å². The van der Waals surface area contributed by atoms with Crippen LogP contribution in [0.1, 0.15) is 24.0 Å². The molecule has 200 valence electrons. The number of unbranched alkanes of at least 4 members (excludes halogenated alkanes) is 1. The van der Waals surface area contributed by atoms with E-state index in [1.54, 1.807) is 0 Å². The first kappa shape index (κ1) is 28.4. The number of carbonyl (C=O) groups excluding carboxylic acids is 2. The lowest BCUT2D eigenvalue weighted by atomic mass is 10.1. The van der Waals surface area contributed by atoms with E-state index in [-0.39, 0.29) is 18.2 Å². The van der Waals surface area contributed by atoms with Crippen LogP contribution in [0.3, 0.4) is 0 Å². The highest BCUT2D eigenvalue weighted by molar-refractivity contribution is 6.00. The molecule has 0 aliphatic rings. The number of carboxylic acids is 1. The standard InChI is InChI=1S/C29H33N3O6/c1-32(2,19-6-5-18-31(37)27(33)16-17-28(34)35)20-22-12-14-23(15-13-22)21-38-29(36)30-26-11-7-9-24-8-3-4-10-25(24)26/h3-4,7-17H,5-6,18-21H2,1-2H3,(H,30,36)(H,34,35)/b17-16+. The van der Waals surface area contributed by atoms with E-state index in [9.17, 15) is 19.6 Å². The Morgan fingerprint density at radius 3 is 2.37 bits per heavy atom. The van der Waals surface area contributed by atoms with Gasteiger partial charge in [0.15, 0.2) is 0 Å². The third-order valence-corrected chi connectivity index (χ3v) is 6.02. The Kier molecular flexibility index (Phi) is 9.98. The minimum Gasteiger partial charge on any atom is -0.756 e. The second-order valence-corrected chi connectivity index (χ2v) is 9.68. The molecule has 0 aliphatic carbocycles. The summed E-state index contributed by atoms with van der Waals surface area (Å²) in [5.74, 6) is -2.13. The van der Waals surface area contributed by atoms with Crippen molar-refractivity contribution >= 4 is 34.4 Å². The smallest absolute Gasteiger partial charge is 0.411 e. The first-order valence-corrected chi connectivity index (χ1v) is 12.3. The van der Waals surface area contributed by atoms with Gasteiger partial charge in [0.05, 0.1) is 26.3 Å². The van der Waals surface area contributed by atoms with Crippen molar-refractivity contribution in [3.8, 4) is 0 Å². The maximum Gasteiger partial charge on any atom is 0.411 e. The molecule has 3 aromatic carbocycles. The van der Waals surface area contributed by atoms with Crippen LogP contribution >= 0.6 is 0 Å². The van der Waals surface area contributed by atoms with Crippen molar-refractivity contribution in [2.75, 3.05) is 32.5 Å². The number of ether oxygens (including phenoxy) is 1. The van der Waals surface area contributed by atoms with E-state index >= 15 is 0 Å². The second kappa shape index (κ2) is 13.4. The van der Waals surface area contributed by atoms with Crippen LogP contribution in [-0.2, 0) is 27.5 Å². The fraction of sp³-hybridized carbons (Fsp3) is 0.276. The van der Waals surface area contributed by atoms with Crippen molar-refractivity contribution in [1.82, 2.24) is 5.06 Å². The summed E-state index contributed by atoms with van der Waals surface area (Å²) < 4.78 is 6.10. The molecule has 38 heavy (non-hydrogen) atoms. The number of hydrogen-bond donors (Lipinski definition) is 2. The average molecular weight is 520 g/mol. The molecule has 0 saturated heterocycles. The van der Waals surface area contributed by atoms with Gasteiger partial charge in [-0.1, -0.05) is 60.7 Å². The summed E-state index contributed by atoms with van der Waals surface area (Å²) in [5.41, 5.74) is 2.70. The van der Waals surface area contributed by atoms with Gasteiger partial charge < -0.3 is 24.6 Å². The maximum atomic E-state index is 12.3. The molecule has 0 atom stereocenters. The van der Waals surface area contributed by atoms with Gasteiger partial charge in [-0.15, -0.1) is 0 Å². The first-order chi connectivity index (χ1) is 18.1. The van der Waals surface area contributed by atoms with Gasteiger partial charge in [0, 0.05) is 29.6 Å². The van der Waals surface area contributed by atoms with Gasteiger partial charge in [0.25, 0.3) is 0 Å². The molecule has 0 spiro atoms. The number of benzene rings is 3. The minimum atomic E-state index is -1.27. The molecule has 0 unspecified atom stereocenters. The van der Waals surface area contributed by atoms with E-state index in [1.165, 1.54) is 0 Å². The van der Waals surface area contributed by atoms with E-state index in [2.05, 4.69) is 19.4 Å². The average Bonchev–Trinajstić information content (AvgIpc) is 2.89. The van der Waals surface area contributed by atoms with Gasteiger partial charge in [0.1, 0.15) is 13.2 Å². The quantitative estimate of drug-likeness (QED) is 0.152. The summed E-state index contributed by atoms with van der Waals surface area (Å²) in [6.07, 6.45) is 2.17. The fourth-order valence-electron chi connectivity index (χ4n) is 4.07. The van der Waals surface area contributed by atoms with Crippen LogP contribution in [0.15, 0.2) is 78.9 Å². The molecule has 9 nitrogen and oxygen atoms in total. The topological polar surface area (TPSA) is 119 Å². The van der Waals surface area contributed by atoms with Crippen molar-refractivity contribution in [2.45, 2.75) is 26.0 Å². The predicted molar refractivity (Wildman–Crippen MR) is 146 cm³/mol. The van der Waals surface area contributed by atoms with Gasteiger partial charge in [-0.3, -0.25) is 10.1 Å². The maximum absolute atomic E-state index is 12.3. The first-order valence-electron chi connectivity index (χ1n) is 12.3. The summed E-state index contributed by atoms with van der Waals surface area (Å²) in [4.78, 5) is 34.3. The summed E-state index contributed by atoms with van der Waals surface area (Å²) >= 11 is 0. The molecule has 3 rings (SSSR count). The van der Waals surface area contributed by atoms with Crippen molar-refractivity contribution in [3.63, 3.8) is 0 Å². The van der Waals surface area contributed by atoms with Crippen LogP contribution in [0.25, 0.3) is 10.8 Å². The van der Waals surface area contributed by atoms with Crippen molar-refractivity contribution in [1.29, 1.82) is 0 Å². The lowest BCUT2D eigenvalue weighted by molar-refractivity contribution is -0.903. The normalized spacial score (nSPS) is 11.4. The predicted octanol–water partition coefficient (Wildman–Crippen LogP) is 4.91. The molecule has 0 aliphatic heterocycles. The monoisotopic (exact) mass is 519 g/mol. The third kappa shape index (κ3) is 9.02. The molecule has 0 saturated carbocycles. The number of amides is 2. The molecular formula is C29H33N3O6. The Morgan fingerprint density at radius 1 is 0.947 bits per heavy atom. The number of fused-ring (bicyclic) bond motifs is 1. The zero-order valence-electron chi connectivity index (χ0n) is 21.6. The van der Waals surface area contributed by atoms with Crippen LogP contribution < -0.4 is 5.32 Å². The van der Waals surface area contributed by atoms with Gasteiger partial charge in [-0.05, 0) is 29.9 Å². The lowest BCUT2D eigenvalue weighted by Crippen LogP contribution is -2.39. The van der Waals surface area contributed by atoms with E-state index < -0.39 is 18.0 Å². The molecule has 0 radical (unpaired) electrons. The number of anilines is 1. The lowest BCUT2D eigenvalue weighted by Gasteiger charge is -2.31. The Morgan fingerprint density at radius 2 is 1.63 bits per heavy atom. The molecule has 3 aromatic rings. The number of rotatable bonds is 12. The number of nitrogens with one attached hydrogen (secondary N) is 1. The van der Waals surface area contributed by atoms with Crippen LogP contribution in [-0.4, -0.2) is 59.8 Å². The second-order valence-electron chi connectivity index (χ2n) is 9.68. The molecule has 2 amide bonds. The van der Waals surface area contributed by atoms with E-state index in [0.717, 1.165) is 47.5 Å². The number of carbonyl (C=O) groups is 3. The van der Waals surface area contributed by atoms with Crippen LogP contribution in [0.5, 0.6) is 0 Å². The van der Waals surface area contributed by atoms with Crippen molar-refractivity contribution in [2.24, 2.45) is 0 Å². The highest BCUT2D eigenvalue weighted by atomic mass is 16.5. The minimum absolute atomic E-state index is 0.0194. The zero-order chi connectivity index (χ0) is 27.5. The number of hydrogen-bond acceptors (Lipinski definition) is 5. The van der Waals surface area contributed by atoms with Crippen LogP contribution in [0.2, 0.25) is 0 Å². The Hall–Kier alpha value is -4.21. The molecule has 9 heteroatoms. The molecule has 0 fully saturated rings. The fourth-order valence-corrected chi connectivity index (χ4v) is 4.07. The van der Waals surface area contributed by atoms with E-state index in [4.69, 9.17) is 9.84 Å². The SMILES string of the molecule is C[N+](C)(CCCCN([O-])C(=O)/C=C/C(=O)O)Cc1ccc(COC(=O)Nc2cccc3ccccc23)cc1. The summed E-state index contributed by atoms with van der Waals surface area (Å²) in [7, 11) is 4.18. The Labute approximate surface area is 222 Å². The molecule has 0 aromatic heterocycles. The third-order valence-electron chi connectivity index (χ3n) is 6.02. The van der Waals surface area contributed by atoms with Gasteiger partial charge in [0.2, 0.25) is 5.91 Å². The number of quaternary nitrogens is 1. The van der Waals surface area contributed by atoms with Gasteiger partial charge in [-0.2, -0.15) is 0 Å². The highest BCUT2D eigenvalue weighted by Crippen LogP contribution is 2.23. The number of carboxylic acid groups (broad SMARTS) is 1. The molecule has 0 heterocycles. The molecule has 2 N–H and O–H groups in total. The zero-order valence-corrected chi connectivity index (χ0v) is 21.6.